The lowest BCUT2D eigenvalue weighted by Gasteiger charge is -2.21. The summed E-state index contributed by atoms with van der Waals surface area (Å²) in [7, 11) is 0. The van der Waals surface area contributed by atoms with Crippen LogP contribution in [0.5, 0.6) is 0 Å². The maximum absolute atomic E-state index is 12.8. The largest absolute Gasteiger partial charge is 0.471 e. The highest BCUT2D eigenvalue weighted by atomic mass is 35.5. The Labute approximate surface area is 185 Å². The normalized spacial score (nSPS) is 17.6. The van der Waals surface area contributed by atoms with Gasteiger partial charge >= 0.3 is 12.1 Å². The van der Waals surface area contributed by atoms with Crippen LogP contribution in [0.1, 0.15) is 55.2 Å². The first-order valence-electron chi connectivity index (χ1n) is 10.9. The van der Waals surface area contributed by atoms with Crippen molar-refractivity contribution >= 4 is 29.5 Å². The van der Waals surface area contributed by atoms with Crippen molar-refractivity contribution in [2.24, 2.45) is 5.92 Å². The van der Waals surface area contributed by atoms with Crippen LogP contribution >= 0.6 is 11.6 Å². The highest BCUT2D eigenvalue weighted by Crippen LogP contribution is 2.29. The molecule has 0 aromatic heterocycles. The van der Waals surface area contributed by atoms with Crippen molar-refractivity contribution in [2.75, 3.05) is 19.6 Å². The Morgan fingerprint density at radius 1 is 1.16 bits per heavy atom. The number of allylic oxidation sites excluding steroid dienone is 1. The molecule has 4 nitrogen and oxygen atoms in total. The highest BCUT2D eigenvalue weighted by Gasteiger charge is 2.42. The van der Waals surface area contributed by atoms with E-state index >= 15 is 0 Å². The number of carbonyl (C=O) groups excluding carboxylic acids is 2. The van der Waals surface area contributed by atoms with Crippen LogP contribution in [-0.2, 0) is 22.4 Å². The Morgan fingerprint density at radius 3 is 2.58 bits per heavy atom. The Hall–Kier alpha value is -2.02. The van der Waals surface area contributed by atoms with E-state index in [0.29, 0.717) is 24.4 Å². The van der Waals surface area contributed by atoms with E-state index in [1.165, 1.54) is 0 Å². The lowest BCUT2D eigenvalue weighted by molar-refractivity contribution is -0.185. The van der Waals surface area contributed by atoms with Crippen molar-refractivity contribution in [1.29, 1.82) is 0 Å². The number of nitrogens with zero attached hydrogens (tertiary/aromatic N) is 1. The SMILES string of the molecule is O=C(NCCC/C=C/c1c(Cl)ccc2c1CCN(C(=O)C(F)(F)F)CC2)C1CCCC1. The number of rotatable bonds is 6. The molecule has 0 radical (unpaired) electrons. The third kappa shape index (κ3) is 6.25. The number of benzene rings is 1. The van der Waals surface area contributed by atoms with Gasteiger partial charge in [0.15, 0.2) is 0 Å². The summed E-state index contributed by atoms with van der Waals surface area (Å²) < 4.78 is 38.4. The predicted octanol–water partition coefficient (Wildman–Crippen LogP) is 4.93. The van der Waals surface area contributed by atoms with Crippen LogP contribution in [0.2, 0.25) is 5.02 Å². The molecular weight excluding hydrogens is 429 g/mol. The molecule has 1 aromatic carbocycles. The lowest BCUT2D eigenvalue weighted by Crippen LogP contribution is -2.42. The van der Waals surface area contributed by atoms with Crippen molar-refractivity contribution in [2.45, 2.75) is 57.5 Å². The van der Waals surface area contributed by atoms with Crippen molar-refractivity contribution in [3.8, 4) is 0 Å². The van der Waals surface area contributed by atoms with Crippen LogP contribution < -0.4 is 5.32 Å². The lowest BCUT2D eigenvalue weighted by atomic mass is 9.96. The number of amides is 2. The first-order chi connectivity index (χ1) is 14.8. The van der Waals surface area contributed by atoms with E-state index in [1.807, 2.05) is 18.2 Å². The number of alkyl halides is 3. The van der Waals surface area contributed by atoms with Gasteiger partial charge in [-0.25, -0.2) is 0 Å². The second kappa shape index (κ2) is 10.5. The van der Waals surface area contributed by atoms with Gasteiger partial charge in [-0.05, 0) is 61.3 Å². The zero-order valence-electron chi connectivity index (χ0n) is 17.4. The molecule has 2 aliphatic rings. The molecule has 31 heavy (non-hydrogen) atoms. The van der Waals surface area contributed by atoms with E-state index in [0.717, 1.165) is 60.1 Å². The molecular formula is C23H28ClF3N2O2. The molecule has 1 N–H and O–H groups in total. The Balaban J connectivity index is 1.55. The third-order valence-corrected chi connectivity index (χ3v) is 6.40. The monoisotopic (exact) mass is 456 g/mol. The maximum atomic E-state index is 12.8. The van der Waals surface area contributed by atoms with Gasteiger partial charge in [0.05, 0.1) is 0 Å². The zero-order valence-corrected chi connectivity index (χ0v) is 18.2. The summed E-state index contributed by atoms with van der Waals surface area (Å²) >= 11 is 6.37. The fourth-order valence-electron chi connectivity index (χ4n) is 4.35. The number of halogens is 4. The summed E-state index contributed by atoms with van der Waals surface area (Å²) in [5.74, 6) is -1.48. The van der Waals surface area contributed by atoms with Crippen molar-refractivity contribution in [3.05, 3.63) is 39.9 Å². The van der Waals surface area contributed by atoms with Gasteiger partial charge in [-0.1, -0.05) is 42.7 Å². The minimum atomic E-state index is -4.86. The van der Waals surface area contributed by atoms with Gasteiger partial charge in [-0.15, -0.1) is 0 Å². The van der Waals surface area contributed by atoms with E-state index in [2.05, 4.69) is 5.32 Å². The van der Waals surface area contributed by atoms with Gasteiger partial charge in [-0.3, -0.25) is 9.59 Å². The number of carbonyl (C=O) groups is 2. The van der Waals surface area contributed by atoms with Crippen molar-refractivity contribution < 1.29 is 22.8 Å². The average Bonchev–Trinajstić information content (AvgIpc) is 3.18. The van der Waals surface area contributed by atoms with Gasteiger partial charge < -0.3 is 10.2 Å². The van der Waals surface area contributed by atoms with E-state index in [1.54, 1.807) is 6.07 Å². The Kier molecular flexibility index (Phi) is 8.03. The molecule has 1 heterocycles. The van der Waals surface area contributed by atoms with Gasteiger partial charge in [0.25, 0.3) is 0 Å². The smallest absolute Gasteiger partial charge is 0.356 e. The van der Waals surface area contributed by atoms with Crippen LogP contribution in [0.25, 0.3) is 6.08 Å². The van der Waals surface area contributed by atoms with E-state index in [4.69, 9.17) is 11.6 Å². The molecule has 2 amide bonds. The first kappa shape index (κ1) is 23.6. The zero-order chi connectivity index (χ0) is 22.4. The average molecular weight is 457 g/mol. The molecule has 1 saturated carbocycles. The molecule has 1 aromatic rings. The molecule has 1 aliphatic carbocycles. The van der Waals surface area contributed by atoms with Crippen LogP contribution in [0, 0.1) is 5.92 Å². The molecule has 0 unspecified atom stereocenters. The number of nitrogens with one attached hydrogen (secondary N) is 1. The van der Waals surface area contributed by atoms with Crippen LogP contribution in [0.4, 0.5) is 13.2 Å². The highest BCUT2D eigenvalue weighted by molar-refractivity contribution is 6.32. The molecule has 3 rings (SSSR count). The summed E-state index contributed by atoms with van der Waals surface area (Å²) in [5.41, 5.74) is 2.62. The number of unbranched alkanes of at least 4 members (excludes halogenated alkanes) is 1. The molecule has 170 valence electrons. The molecule has 1 aliphatic heterocycles. The van der Waals surface area contributed by atoms with Crippen molar-refractivity contribution in [1.82, 2.24) is 10.2 Å². The van der Waals surface area contributed by atoms with Gasteiger partial charge in [0.1, 0.15) is 0 Å². The molecule has 0 saturated heterocycles. The summed E-state index contributed by atoms with van der Waals surface area (Å²) in [6.45, 7) is 0.672. The first-order valence-corrected chi connectivity index (χ1v) is 11.3. The Morgan fingerprint density at radius 2 is 1.87 bits per heavy atom. The van der Waals surface area contributed by atoms with Crippen molar-refractivity contribution in [3.63, 3.8) is 0 Å². The second-order valence-electron chi connectivity index (χ2n) is 8.21. The maximum Gasteiger partial charge on any atom is 0.471 e. The number of fused-ring (bicyclic) bond motifs is 1. The van der Waals surface area contributed by atoms with Crippen LogP contribution in [0.15, 0.2) is 18.2 Å². The minimum absolute atomic E-state index is 0.0136. The van der Waals surface area contributed by atoms with Gasteiger partial charge in [0.2, 0.25) is 5.91 Å². The summed E-state index contributed by atoms with van der Waals surface area (Å²) in [6, 6.07) is 3.58. The van der Waals surface area contributed by atoms with E-state index in [9.17, 15) is 22.8 Å². The van der Waals surface area contributed by atoms with Gasteiger partial charge in [-0.2, -0.15) is 13.2 Å². The standard InChI is InChI=1S/C23H28ClF3N2O2/c24-20-10-9-16-11-14-29(22(31)23(25,26)27)15-12-18(16)19(20)8-2-1-5-13-28-21(30)17-6-3-4-7-17/h2,8-10,17H,1,3-7,11-15H2,(H,28,30)/b8-2+. The fraction of sp³-hybridized carbons (Fsp3) is 0.565. The van der Waals surface area contributed by atoms with Crippen LogP contribution in [0.3, 0.4) is 0 Å². The summed E-state index contributed by atoms with van der Waals surface area (Å²) in [4.78, 5) is 24.5. The molecule has 1 fully saturated rings. The topological polar surface area (TPSA) is 49.4 Å². The van der Waals surface area contributed by atoms with E-state index in [-0.39, 0.29) is 24.9 Å². The molecule has 0 spiro atoms. The minimum Gasteiger partial charge on any atom is -0.356 e. The van der Waals surface area contributed by atoms with Crippen LogP contribution in [-0.4, -0.2) is 42.5 Å². The summed E-state index contributed by atoms with van der Waals surface area (Å²) in [5, 5.41) is 3.53. The van der Waals surface area contributed by atoms with E-state index < -0.39 is 12.1 Å². The molecule has 0 bridgehead atoms. The Bertz CT molecular complexity index is 833. The van der Waals surface area contributed by atoms with Gasteiger partial charge in [0, 0.05) is 30.6 Å². The molecule has 8 heteroatoms. The fourth-order valence-corrected chi connectivity index (χ4v) is 4.59. The summed E-state index contributed by atoms with van der Waals surface area (Å²) in [6.07, 6.45) is 5.50. The predicted molar refractivity (Wildman–Crippen MR) is 115 cm³/mol. The molecule has 0 atom stereocenters. The quantitative estimate of drug-likeness (QED) is 0.617. The third-order valence-electron chi connectivity index (χ3n) is 6.07. The second-order valence-corrected chi connectivity index (χ2v) is 8.61. The number of hydrogen-bond donors (Lipinski definition) is 1. The number of hydrogen-bond acceptors (Lipinski definition) is 2.